The van der Waals surface area contributed by atoms with Crippen molar-refractivity contribution in [1.29, 1.82) is 0 Å². The second-order valence-electron chi connectivity index (χ2n) is 7.61. The number of pyridine rings is 1. The smallest absolute Gasteiger partial charge is 0.145 e. The van der Waals surface area contributed by atoms with E-state index in [2.05, 4.69) is 25.6 Å². The summed E-state index contributed by atoms with van der Waals surface area (Å²) in [6.45, 7) is 2.18. The number of rotatable bonds is 7. The molecule has 1 fully saturated rings. The summed E-state index contributed by atoms with van der Waals surface area (Å²) in [5, 5.41) is 6.90. The number of anilines is 1. The van der Waals surface area contributed by atoms with Crippen molar-refractivity contribution in [2.75, 3.05) is 18.4 Å². The molecule has 0 radical (unpaired) electrons. The van der Waals surface area contributed by atoms with Gasteiger partial charge < -0.3 is 10.6 Å². The molecule has 3 aromatic rings. The molecule has 31 heavy (non-hydrogen) atoms. The van der Waals surface area contributed by atoms with E-state index in [1.165, 1.54) is 12.1 Å². The molecular weight excluding hydrogens is 417 g/mol. The number of halogens is 2. The quantitative estimate of drug-likeness (QED) is 0.578. The van der Waals surface area contributed by atoms with Gasteiger partial charge in [-0.2, -0.15) is 0 Å². The van der Waals surface area contributed by atoms with Crippen LogP contribution in [0.3, 0.4) is 0 Å². The summed E-state index contributed by atoms with van der Waals surface area (Å²) in [4.78, 5) is 25.8. The predicted molar refractivity (Wildman–Crippen MR) is 118 cm³/mol. The maximum Gasteiger partial charge on any atom is 0.145 e. The van der Waals surface area contributed by atoms with Crippen LogP contribution >= 0.6 is 11.6 Å². The van der Waals surface area contributed by atoms with Crippen molar-refractivity contribution >= 4 is 23.2 Å². The second-order valence-corrected chi connectivity index (χ2v) is 8.02. The minimum atomic E-state index is -0.271. The topological polar surface area (TPSA) is 79.8 Å². The average Bonchev–Trinajstić information content (AvgIpc) is 2.81. The van der Waals surface area contributed by atoms with E-state index in [-0.39, 0.29) is 23.9 Å². The molecule has 1 aromatic carbocycles. The Kier molecular flexibility index (Phi) is 6.84. The summed E-state index contributed by atoms with van der Waals surface area (Å²) in [6, 6.07) is 8.07. The highest BCUT2D eigenvalue weighted by atomic mass is 35.5. The number of ketones is 1. The molecule has 2 N–H and O–H groups in total. The fourth-order valence-corrected chi connectivity index (χ4v) is 3.80. The molecule has 0 saturated carbocycles. The molecule has 3 heterocycles. The summed E-state index contributed by atoms with van der Waals surface area (Å²) in [5.74, 6) is 0.523. The number of hydrogen-bond donors (Lipinski definition) is 2. The fraction of sp³-hybridized carbons (Fsp3) is 0.304. The highest BCUT2D eigenvalue weighted by molar-refractivity contribution is 6.33. The molecule has 4 rings (SSSR count). The van der Waals surface area contributed by atoms with E-state index in [1.807, 2.05) is 6.07 Å². The van der Waals surface area contributed by atoms with Gasteiger partial charge in [-0.05, 0) is 43.1 Å². The third-order valence-corrected chi connectivity index (χ3v) is 5.62. The first kappa shape index (κ1) is 21.3. The van der Waals surface area contributed by atoms with Crippen LogP contribution in [0.1, 0.15) is 24.1 Å². The molecule has 0 aliphatic carbocycles. The molecule has 2 aromatic heterocycles. The third kappa shape index (κ3) is 5.62. The van der Waals surface area contributed by atoms with Crippen molar-refractivity contribution in [2.24, 2.45) is 5.92 Å². The molecule has 1 aliphatic heterocycles. The van der Waals surface area contributed by atoms with Crippen LogP contribution in [0.5, 0.6) is 0 Å². The summed E-state index contributed by atoms with van der Waals surface area (Å²) >= 11 is 6.37. The highest BCUT2D eigenvalue weighted by Crippen LogP contribution is 2.27. The normalized spacial score (nSPS) is 16.1. The van der Waals surface area contributed by atoms with E-state index in [0.717, 1.165) is 31.5 Å². The number of benzene rings is 1. The van der Waals surface area contributed by atoms with E-state index in [4.69, 9.17) is 11.6 Å². The van der Waals surface area contributed by atoms with Crippen LogP contribution in [0.4, 0.5) is 10.2 Å². The lowest BCUT2D eigenvalue weighted by molar-refractivity contribution is -0.122. The molecule has 0 spiro atoms. The van der Waals surface area contributed by atoms with E-state index in [9.17, 15) is 9.18 Å². The van der Waals surface area contributed by atoms with Gasteiger partial charge in [0.15, 0.2) is 0 Å². The van der Waals surface area contributed by atoms with Crippen molar-refractivity contribution in [3.05, 3.63) is 71.0 Å². The average molecular weight is 440 g/mol. The molecule has 8 heteroatoms. The van der Waals surface area contributed by atoms with Gasteiger partial charge in [-0.3, -0.25) is 14.8 Å². The molecule has 1 aliphatic rings. The summed E-state index contributed by atoms with van der Waals surface area (Å²) < 4.78 is 13.1. The largest absolute Gasteiger partial charge is 0.365 e. The fourth-order valence-electron chi connectivity index (χ4n) is 3.60. The molecule has 0 bridgehead atoms. The summed E-state index contributed by atoms with van der Waals surface area (Å²) in [5.41, 5.74) is 2.86. The van der Waals surface area contributed by atoms with Gasteiger partial charge in [0.25, 0.3) is 0 Å². The third-order valence-electron chi connectivity index (χ3n) is 5.32. The predicted octanol–water partition coefficient (Wildman–Crippen LogP) is 4.05. The zero-order valence-corrected chi connectivity index (χ0v) is 17.7. The Labute approximate surface area is 185 Å². The Bertz CT molecular complexity index is 1050. The Morgan fingerprint density at radius 2 is 2.06 bits per heavy atom. The highest BCUT2D eigenvalue weighted by Gasteiger charge is 2.21. The second kappa shape index (κ2) is 9.94. The maximum absolute atomic E-state index is 13.1. The van der Waals surface area contributed by atoms with Crippen molar-refractivity contribution in [2.45, 2.75) is 25.8 Å². The first-order chi connectivity index (χ1) is 15.1. The van der Waals surface area contributed by atoms with Gasteiger partial charge in [-0.15, -0.1) is 0 Å². The minimum Gasteiger partial charge on any atom is -0.365 e. The summed E-state index contributed by atoms with van der Waals surface area (Å²) in [7, 11) is 0. The lowest BCUT2D eigenvalue weighted by Crippen LogP contribution is -2.35. The molecule has 0 unspecified atom stereocenters. The Morgan fingerprint density at radius 3 is 2.84 bits per heavy atom. The number of hydrogen-bond acceptors (Lipinski definition) is 6. The van der Waals surface area contributed by atoms with Crippen LogP contribution in [0, 0.1) is 11.7 Å². The lowest BCUT2D eigenvalue weighted by Gasteiger charge is -2.21. The van der Waals surface area contributed by atoms with Crippen LogP contribution in [-0.2, 0) is 17.8 Å². The Morgan fingerprint density at radius 1 is 1.23 bits per heavy atom. The Hall–Kier alpha value is -2.90. The number of nitrogens with zero attached hydrogens (tertiary/aromatic N) is 3. The molecule has 1 saturated heterocycles. The van der Waals surface area contributed by atoms with E-state index < -0.39 is 0 Å². The van der Waals surface area contributed by atoms with Crippen molar-refractivity contribution in [1.82, 2.24) is 20.3 Å². The van der Waals surface area contributed by atoms with Crippen molar-refractivity contribution in [3.8, 4) is 11.3 Å². The van der Waals surface area contributed by atoms with Gasteiger partial charge in [0, 0.05) is 42.9 Å². The molecule has 0 amide bonds. The number of carbonyl (C=O) groups is 1. The molecule has 160 valence electrons. The van der Waals surface area contributed by atoms with Gasteiger partial charge in [-0.1, -0.05) is 23.7 Å². The van der Waals surface area contributed by atoms with Crippen LogP contribution in [0.2, 0.25) is 5.02 Å². The van der Waals surface area contributed by atoms with Gasteiger partial charge in [0.05, 0.1) is 23.1 Å². The molecular formula is C23H23ClFN5O. The monoisotopic (exact) mass is 439 g/mol. The van der Waals surface area contributed by atoms with E-state index >= 15 is 0 Å². The SMILES string of the molecule is O=C(Cc1cc(-c2cncc(NCc3ccc(F)cc3)n2)c(Cl)cn1)[C@@H]1CCCNC1. The van der Waals surface area contributed by atoms with Gasteiger partial charge in [0.2, 0.25) is 0 Å². The lowest BCUT2D eigenvalue weighted by atomic mass is 9.92. The van der Waals surface area contributed by atoms with E-state index in [0.29, 0.717) is 34.3 Å². The van der Waals surface area contributed by atoms with Crippen LogP contribution in [-0.4, -0.2) is 33.8 Å². The number of Topliss-reactive ketones (excluding diaryl/α,β-unsaturated/α-hetero) is 1. The zero-order valence-electron chi connectivity index (χ0n) is 16.9. The molecule has 6 nitrogen and oxygen atoms in total. The van der Waals surface area contributed by atoms with Crippen LogP contribution in [0.15, 0.2) is 48.9 Å². The van der Waals surface area contributed by atoms with Gasteiger partial charge >= 0.3 is 0 Å². The number of piperidine rings is 1. The maximum atomic E-state index is 13.1. The zero-order chi connectivity index (χ0) is 21.6. The number of nitrogens with one attached hydrogen (secondary N) is 2. The Balaban J connectivity index is 1.48. The van der Waals surface area contributed by atoms with Crippen molar-refractivity contribution < 1.29 is 9.18 Å². The number of carbonyl (C=O) groups excluding carboxylic acids is 1. The van der Waals surface area contributed by atoms with Crippen molar-refractivity contribution in [3.63, 3.8) is 0 Å². The van der Waals surface area contributed by atoms with E-state index in [1.54, 1.807) is 30.7 Å². The van der Waals surface area contributed by atoms with Gasteiger partial charge in [0.1, 0.15) is 17.4 Å². The summed E-state index contributed by atoms with van der Waals surface area (Å²) in [6.07, 6.45) is 7.00. The van der Waals surface area contributed by atoms with Crippen LogP contribution < -0.4 is 10.6 Å². The minimum absolute atomic E-state index is 0.0356. The van der Waals surface area contributed by atoms with Gasteiger partial charge in [-0.25, -0.2) is 9.37 Å². The number of aromatic nitrogens is 3. The molecule has 1 atom stereocenters. The standard InChI is InChI=1S/C23H23ClFN5O/c24-20-12-28-18(9-22(31)16-2-1-7-26-11-16)8-19(20)21-13-27-14-23(30-21)29-10-15-3-5-17(25)6-4-15/h3-6,8,12-14,16,26H,1-2,7,9-11H2,(H,29,30)/t16-/m1/s1. The first-order valence-electron chi connectivity index (χ1n) is 10.3. The van der Waals surface area contributed by atoms with Crippen LogP contribution in [0.25, 0.3) is 11.3 Å². The first-order valence-corrected chi connectivity index (χ1v) is 10.6.